The second-order valence-corrected chi connectivity index (χ2v) is 5.14. The van der Waals surface area contributed by atoms with Gasteiger partial charge in [0.05, 0.1) is 18.8 Å². The van der Waals surface area contributed by atoms with Crippen LogP contribution in [-0.2, 0) is 6.42 Å². The average Bonchev–Trinajstić information content (AvgIpc) is 2.42. The molecule has 2 nitrogen and oxygen atoms in total. The average molecular weight is 292 g/mol. The Kier molecular flexibility index (Phi) is 4.58. The van der Waals surface area contributed by atoms with Crippen molar-refractivity contribution in [3.8, 4) is 5.75 Å². The predicted octanol–water partition coefficient (Wildman–Crippen LogP) is 3.87. The van der Waals surface area contributed by atoms with Gasteiger partial charge in [-0.05, 0) is 30.5 Å². The molecule has 0 saturated heterocycles. The van der Waals surface area contributed by atoms with Gasteiger partial charge in [-0.15, -0.1) is 0 Å². The first-order chi connectivity index (χ1) is 9.92. The van der Waals surface area contributed by atoms with Crippen LogP contribution in [0.2, 0.25) is 0 Å². The van der Waals surface area contributed by atoms with Crippen molar-refractivity contribution in [3.63, 3.8) is 0 Å². The number of methoxy groups -OCH3 is 1. The van der Waals surface area contributed by atoms with Crippen molar-refractivity contribution in [2.45, 2.75) is 26.4 Å². The fourth-order valence-corrected chi connectivity index (χ4v) is 2.25. The SMILES string of the molecule is COc1cc(F)c(C(O)Cc2ccc(C)c(C)c2)c(F)c1. The molecule has 1 N–H and O–H groups in total. The van der Waals surface area contributed by atoms with Crippen molar-refractivity contribution < 1.29 is 18.6 Å². The molecule has 0 heterocycles. The molecule has 4 heteroatoms. The predicted molar refractivity (Wildman–Crippen MR) is 77.5 cm³/mol. The van der Waals surface area contributed by atoms with Crippen molar-refractivity contribution >= 4 is 0 Å². The first-order valence-corrected chi connectivity index (χ1v) is 6.69. The Balaban J connectivity index is 2.27. The molecule has 0 aliphatic carbocycles. The van der Waals surface area contributed by atoms with E-state index in [0.29, 0.717) is 0 Å². The van der Waals surface area contributed by atoms with Crippen molar-refractivity contribution in [2.75, 3.05) is 7.11 Å². The van der Waals surface area contributed by atoms with Gasteiger partial charge >= 0.3 is 0 Å². The highest BCUT2D eigenvalue weighted by Crippen LogP contribution is 2.28. The molecule has 0 spiro atoms. The first kappa shape index (κ1) is 15.4. The summed E-state index contributed by atoms with van der Waals surface area (Å²) in [6, 6.07) is 7.84. The normalized spacial score (nSPS) is 12.3. The number of hydrogen-bond donors (Lipinski definition) is 1. The molecular formula is C17H18F2O2. The van der Waals surface area contributed by atoms with Crippen LogP contribution in [-0.4, -0.2) is 12.2 Å². The zero-order valence-electron chi connectivity index (χ0n) is 12.3. The topological polar surface area (TPSA) is 29.5 Å². The molecule has 112 valence electrons. The van der Waals surface area contributed by atoms with Crippen LogP contribution in [0, 0.1) is 25.5 Å². The summed E-state index contributed by atoms with van der Waals surface area (Å²) in [5.74, 6) is -1.52. The Morgan fingerprint density at radius 1 is 1.05 bits per heavy atom. The Morgan fingerprint density at radius 2 is 1.67 bits per heavy atom. The van der Waals surface area contributed by atoms with E-state index in [4.69, 9.17) is 4.74 Å². The van der Waals surface area contributed by atoms with Gasteiger partial charge in [-0.1, -0.05) is 18.2 Å². The Bertz CT molecular complexity index is 630. The summed E-state index contributed by atoms with van der Waals surface area (Å²) < 4.78 is 32.6. The van der Waals surface area contributed by atoms with E-state index in [1.807, 2.05) is 32.0 Å². The minimum atomic E-state index is -1.24. The van der Waals surface area contributed by atoms with E-state index in [1.165, 1.54) is 7.11 Å². The van der Waals surface area contributed by atoms with Crippen LogP contribution in [0.4, 0.5) is 8.78 Å². The summed E-state index contributed by atoms with van der Waals surface area (Å²) >= 11 is 0. The molecule has 0 saturated carbocycles. The fraction of sp³-hybridized carbons (Fsp3) is 0.294. The zero-order valence-corrected chi connectivity index (χ0v) is 12.3. The molecule has 0 aromatic heterocycles. The molecule has 1 unspecified atom stereocenters. The Labute approximate surface area is 123 Å². The van der Waals surface area contributed by atoms with Crippen LogP contribution in [0.3, 0.4) is 0 Å². The number of hydrogen-bond acceptors (Lipinski definition) is 2. The largest absolute Gasteiger partial charge is 0.497 e. The van der Waals surface area contributed by atoms with Crippen LogP contribution in [0.25, 0.3) is 0 Å². The van der Waals surface area contributed by atoms with E-state index in [2.05, 4.69) is 0 Å². The number of halogens is 2. The van der Waals surface area contributed by atoms with E-state index in [9.17, 15) is 13.9 Å². The van der Waals surface area contributed by atoms with E-state index < -0.39 is 17.7 Å². The maximum Gasteiger partial charge on any atom is 0.135 e. The summed E-state index contributed by atoms with van der Waals surface area (Å²) in [6.07, 6.45) is -1.08. The highest BCUT2D eigenvalue weighted by Gasteiger charge is 2.20. The standard InChI is InChI=1S/C17H18F2O2/c1-10-4-5-12(6-11(10)2)7-16(20)17-14(18)8-13(21-3)9-15(17)19/h4-6,8-9,16,20H,7H2,1-3H3. The van der Waals surface area contributed by atoms with Gasteiger partial charge in [-0.25, -0.2) is 8.78 Å². The lowest BCUT2D eigenvalue weighted by atomic mass is 9.97. The number of aliphatic hydroxyl groups is 1. The van der Waals surface area contributed by atoms with Crippen LogP contribution >= 0.6 is 0 Å². The molecule has 2 aromatic rings. The summed E-state index contributed by atoms with van der Waals surface area (Å²) in [5.41, 5.74) is 2.72. The number of rotatable bonds is 4. The minimum absolute atomic E-state index is 0.0899. The third-order valence-corrected chi connectivity index (χ3v) is 3.62. The molecule has 0 radical (unpaired) electrons. The van der Waals surface area contributed by atoms with Crippen LogP contribution in [0.1, 0.15) is 28.4 Å². The molecule has 0 bridgehead atoms. The van der Waals surface area contributed by atoms with Gasteiger partial charge < -0.3 is 9.84 Å². The lowest BCUT2D eigenvalue weighted by molar-refractivity contribution is 0.168. The van der Waals surface area contributed by atoms with E-state index in [-0.39, 0.29) is 17.7 Å². The van der Waals surface area contributed by atoms with Crippen molar-refractivity contribution in [2.24, 2.45) is 0 Å². The second-order valence-electron chi connectivity index (χ2n) is 5.14. The summed E-state index contributed by atoms with van der Waals surface area (Å²) in [5, 5.41) is 10.1. The molecular weight excluding hydrogens is 274 g/mol. The molecule has 0 aliphatic rings. The van der Waals surface area contributed by atoms with Crippen LogP contribution < -0.4 is 4.74 Å². The highest BCUT2D eigenvalue weighted by atomic mass is 19.1. The lowest BCUT2D eigenvalue weighted by Gasteiger charge is -2.15. The number of benzene rings is 2. The van der Waals surface area contributed by atoms with Gasteiger partial charge in [0.2, 0.25) is 0 Å². The van der Waals surface area contributed by atoms with Gasteiger partial charge in [0.1, 0.15) is 17.4 Å². The van der Waals surface area contributed by atoms with E-state index >= 15 is 0 Å². The zero-order chi connectivity index (χ0) is 15.6. The monoisotopic (exact) mass is 292 g/mol. The quantitative estimate of drug-likeness (QED) is 0.927. The number of ether oxygens (including phenoxy) is 1. The van der Waals surface area contributed by atoms with E-state index in [1.54, 1.807) is 0 Å². The Morgan fingerprint density at radius 3 is 2.19 bits per heavy atom. The van der Waals surface area contributed by atoms with Gasteiger partial charge in [0.15, 0.2) is 0 Å². The summed E-state index contributed by atoms with van der Waals surface area (Å²) in [6.45, 7) is 3.94. The fourth-order valence-electron chi connectivity index (χ4n) is 2.25. The van der Waals surface area contributed by atoms with Gasteiger partial charge in [0.25, 0.3) is 0 Å². The second kappa shape index (κ2) is 6.22. The summed E-state index contributed by atoms with van der Waals surface area (Å²) in [7, 11) is 1.33. The van der Waals surface area contributed by atoms with Crippen molar-refractivity contribution in [1.29, 1.82) is 0 Å². The van der Waals surface area contributed by atoms with Crippen LogP contribution in [0.15, 0.2) is 30.3 Å². The maximum atomic E-state index is 13.9. The number of aliphatic hydroxyl groups excluding tert-OH is 1. The maximum absolute atomic E-state index is 13.9. The van der Waals surface area contributed by atoms with Gasteiger partial charge in [-0.3, -0.25) is 0 Å². The highest BCUT2D eigenvalue weighted by molar-refractivity contribution is 5.34. The first-order valence-electron chi connectivity index (χ1n) is 6.69. The third kappa shape index (κ3) is 3.39. The Hall–Kier alpha value is -1.94. The molecule has 2 rings (SSSR count). The molecule has 1 atom stereocenters. The van der Waals surface area contributed by atoms with Gasteiger partial charge in [-0.2, -0.15) is 0 Å². The lowest BCUT2D eigenvalue weighted by Crippen LogP contribution is -2.08. The molecule has 0 fully saturated rings. The molecule has 21 heavy (non-hydrogen) atoms. The molecule has 0 aliphatic heterocycles. The van der Waals surface area contributed by atoms with Gasteiger partial charge in [0, 0.05) is 18.6 Å². The third-order valence-electron chi connectivity index (χ3n) is 3.62. The smallest absolute Gasteiger partial charge is 0.135 e. The van der Waals surface area contributed by atoms with Crippen LogP contribution in [0.5, 0.6) is 5.75 Å². The summed E-state index contributed by atoms with van der Waals surface area (Å²) in [4.78, 5) is 0. The molecule has 0 amide bonds. The van der Waals surface area contributed by atoms with Crippen molar-refractivity contribution in [1.82, 2.24) is 0 Å². The van der Waals surface area contributed by atoms with E-state index in [0.717, 1.165) is 28.8 Å². The molecule has 2 aromatic carbocycles. The minimum Gasteiger partial charge on any atom is -0.497 e. The van der Waals surface area contributed by atoms with Crippen molar-refractivity contribution in [3.05, 3.63) is 64.2 Å². The number of aryl methyl sites for hydroxylation is 2.